The van der Waals surface area contributed by atoms with Gasteiger partial charge in [0.1, 0.15) is 11.6 Å². The number of benzene rings is 2. The zero-order chi connectivity index (χ0) is 15.2. The molecule has 0 spiro atoms. The first kappa shape index (κ1) is 14.8. The zero-order valence-electron chi connectivity index (χ0n) is 11.7. The molecule has 4 nitrogen and oxygen atoms in total. The van der Waals surface area contributed by atoms with Gasteiger partial charge in [-0.05, 0) is 36.8 Å². The number of hydrogen-bond acceptors (Lipinski definition) is 3. The Labute approximate surface area is 122 Å². The van der Waals surface area contributed by atoms with Gasteiger partial charge in [-0.15, -0.1) is 0 Å². The van der Waals surface area contributed by atoms with Crippen molar-refractivity contribution in [3.63, 3.8) is 0 Å². The van der Waals surface area contributed by atoms with E-state index in [0.29, 0.717) is 17.9 Å². The van der Waals surface area contributed by atoms with Crippen LogP contribution in [0.5, 0.6) is 5.75 Å². The highest BCUT2D eigenvalue weighted by atomic mass is 19.1. The maximum atomic E-state index is 13.6. The molecule has 0 aliphatic rings. The minimum Gasteiger partial charge on any atom is -0.481 e. The van der Waals surface area contributed by atoms with Crippen molar-refractivity contribution >= 4 is 17.3 Å². The van der Waals surface area contributed by atoms with Gasteiger partial charge in [0, 0.05) is 5.69 Å². The summed E-state index contributed by atoms with van der Waals surface area (Å²) >= 11 is 0. The molecule has 1 atom stereocenters. The molecule has 0 saturated heterocycles. The summed E-state index contributed by atoms with van der Waals surface area (Å²) in [5.41, 5.74) is 6.02. The Morgan fingerprint density at radius 1 is 1.29 bits per heavy atom. The van der Waals surface area contributed by atoms with E-state index in [9.17, 15) is 9.18 Å². The summed E-state index contributed by atoms with van der Waals surface area (Å²) in [6, 6.07) is 13.0. The van der Waals surface area contributed by atoms with Crippen LogP contribution in [0.1, 0.15) is 13.3 Å². The summed E-state index contributed by atoms with van der Waals surface area (Å²) in [7, 11) is 0. The van der Waals surface area contributed by atoms with Crippen molar-refractivity contribution in [1.82, 2.24) is 0 Å². The fraction of sp³-hybridized carbons (Fsp3) is 0.188. The molecule has 0 aromatic heterocycles. The molecule has 21 heavy (non-hydrogen) atoms. The fourth-order valence-corrected chi connectivity index (χ4v) is 1.84. The van der Waals surface area contributed by atoms with Gasteiger partial charge in [0.2, 0.25) is 0 Å². The molecule has 2 aromatic carbocycles. The third kappa shape index (κ3) is 3.95. The minimum atomic E-state index is -0.701. The van der Waals surface area contributed by atoms with Crippen LogP contribution >= 0.6 is 0 Å². The second-order valence-corrected chi connectivity index (χ2v) is 4.56. The van der Waals surface area contributed by atoms with Gasteiger partial charge in [0.25, 0.3) is 5.91 Å². The highest BCUT2D eigenvalue weighted by Crippen LogP contribution is 2.19. The maximum absolute atomic E-state index is 13.6. The standard InChI is InChI=1S/C16H17FN2O2/c1-2-15(21-12-6-4-3-5-7-12)16(20)19-14-10-11(18)8-9-13(14)17/h3-10,15H,2,18H2,1H3,(H,19,20)/t15-/m0/s1. The number of para-hydroxylation sites is 1. The molecule has 1 amide bonds. The third-order valence-corrected chi connectivity index (χ3v) is 2.93. The smallest absolute Gasteiger partial charge is 0.265 e. The number of hydrogen-bond donors (Lipinski definition) is 2. The monoisotopic (exact) mass is 288 g/mol. The number of anilines is 2. The van der Waals surface area contributed by atoms with Gasteiger partial charge in [0.05, 0.1) is 5.69 Å². The summed E-state index contributed by atoms with van der Waals surface area (Å²) in [6.07, 6.45) is -0.238. The van der Waals surface area contributed by atoms with Crippen molar-refractivity contribution in [2.24, 2.45) is 0 Å². The van der Waals surface area contributed by atoms with E-state index in [1.165, 1.54) is 18.2 Å². The number of amides is 1. The number of nitrogens with two attached hydrogens (primary N) is 1. The predicted molar refractivity (Wildman–Crippen MR) is 80.6 cm³/mol. The topological polar surface area (TPSA) is 64.3 Å². The molecule has 110 valence electrons. The Hall–Kier alpha value is -2.56. The van der Waals surface area contributed by atoms with E-state index in [4.69, 9.17) is 10.5 Å². The molecule has 0 heterocycles. The molecule has 2 aromatic rings. The summed E-state index contributed by atoms with van der Waals surface area (Å²) in [6.45, 7) is 1.82. The van der Waals surface area contributed by atoms with Gasteiger partial charge < -0.3 is 15.8 Å². The first-order chi connectivity index (χ1) is 10.1. The number of rotatable bonds is 5. The molecular weight excluding hydrogens is 271 g/mol. The van der Waals surface area contributed by atoms with Gasteiger partial charge in [-0.3, -0.25) is 4.79 Å². The zero-order valence-corrected chi connectivity index (χ0v) is 11.7. The van der Waals surface area contributed by atoms with Crippen LogP contribution < -0.4 is 15.8 Å². The summed E-state index contributed by atoms with van der Waals surface area (Å²) in [5, 5.41) is 2.50. The van der Waals surface area contributed by atoms with Gasteiger partial charge in [-0.25, -0.2) is 4.39 Å². The molecule has 2 rings (SSSR count). The van der Waals surface area contributed by atoms with Gasteiger partial charge in [-0.2, -0.15) is 0 Å². The number of nitrogen functional groups attached to an aromatic ring is 1. The minimum absolute atomic E-state index is 0.0510. The molecule has 0 fully saturated rings. The molecule has 0 bridgehead atoms. The highest BCUT2D eigenvalue weighted by Gasteiger charge is 2.19. The predicted octanol–water partition coefficient (Wildman–Crippen LogP) is 3.20. The van der Waals surface area contributed by atoms with Gasteiger partial charge in [0.15, 0.2) is 6.10 Å². The van der Waals surface area contributed by atoms with Crippen LogP contribution in [0.4, 0.5) is 15.8 Å². The van der Waals surface area contributed by atoms with Crippen LogP contribution in [0.3, 0.4) is 0 Å². The number of carbonyl (C=O) groups excluding carboxylic acids is 1. The summed E-state index contributed by atoms with van der Waals surface area (Å²) < 4.78 is 19.2. The van der Waals surface area contributed by atoms with Crippen molar-refractivity contribution in [2.75, 3.05) is 11.1 Å². The van der Waals surface area contributed by atoms with Crippen molar-refractivity contribution in [2.45, 2.75) is 19.4 Å². The third-order valence-electron chi connectivity index (χ3n) is 2.93. The van der Waals surface area contributed by atoms with Crippen molar-refractivity contribution in [3.05, 3.63) is 54.3 Å². The van der Waals surface area contributed by atoms with E-state index in [1.54, 1.807) is 12.1 Å². The quantitative estimate of drug-likeness (QED) is 0.830. The summed E-state index contributed by atoms with van der Waals surface area (Å²) in [4.78, 5) is 12.2. The van der Waals surface area contributed by atoms with Crippen molar-refractivity contribution in [3.8, 4) is 5.75 Å². The molecule has 0 saturated carbocycles. The number of nitrogens with one attached hydrogen (secondary N) is 1. The lowest BCUT2D eigenvalue weighted by Crippen LogP contribution is -2.32. The largest absolute Gasteiger partial charge is 0.481 e. The molecule has 0 aliphatic carbocycles. The van der Waals surface area contributed by atoms with E-state index >= 15 is 0 Å². The van der Waals surface area contributed by atoms with E-state index in [0.717, 1.165) is 0 Å². The van der Waals surface area contributed by atoms with Gasteiger partial charge in [-0.1, -0.05) is 25.1 Å². The molecule has 0 aliphatic heterocycles. The lowest BCUT2D eigenvalue weighted by atomic mass is 10.2. The van der Waals surface area contributed by atoms with Crippen LogP contribution in [0, 0.1) is 5.82 Å². The second-order valence-electron chi connectivity index (χ2n) is 4.56. The Morgan fingerprint density at radius 2 is 2.00 bits per heavy atom. The van der Waals surface area contributed by atoms with Gasteiger partial charge >= 0.3 is 0 Å². The average molecular weight is 288 g/mol. The van der Waals surface area contributed by atoms with E-state index in [-0.39, 0.29) is 5.69 Å². The summed E-state index contributed by atoms with van der Waals surface area (Å²) in [5.74, 6) is -0.356. The van der Waals surface area contributed by atoms with Crippen LogP contribution in [-0.4, -0.2) is 12.0 Å². The lowest BCUT2D eigenvalue weighted by Gasteiger charge is -2.17. The second kappa shape index (κ2) is 6.74. The Morgan fingerprint density at radius 3 is 2.67 bits per heavy atom. The number of ether oxygens (including phenoxy) is 1. The number of carbonyl (C=O) groups is 1. The highest BCUT2D eigenvalue weighted by molar-refractivity contribution is 5.94. The first-order valence-electron chi connectivity index (χ1n) is 6.67. The van der Waals surface area contributed by atoms with E-state index in [1.807, 2.05) is 25.1 Å². The Kier molecular flexibility index (Phi) is 4.77. The fourth-order valence-electron chi connectivity index (χ4n) is 1.84. The van der Waals surface area contributed by atoms with E-state index in [2.05, 4.69) is 5.32 Å². The molecular formula is C16H17FN2O2. The van der Waals surface area contributed by atoms with Crippen LogP contribution in [-0.2, 0) is 4.79 Å². The molecule has 3 N–H and O–H groups in total. The lowest BCUT2D eigenvalue weighted by molar-refractivity contribution is -0.122. The average Bonchev–Trinajstić information content (AvgIpc) is 2.49. The number of halogens is 1. The Bertz CT molecular complexity index is 617. The van der Waals surface area contributed by atoms with Crippen molar-refractivity contribution in [1.29, 1.82) is 0 Å². The van der Waals surface area contributed by atoms with Crippen LogP contribution in [0.25, 0.3) is 0 Å². The van der Waals surface area contributed by atoms with Crippen LogP contribution in [0.15, 0.2) is 48.5 Å². The molecule has 0 radical (unpaired) electrons. The first-order valence-corrected chi connectivity index (χ1v) is 6.67. The normalized spacial score (nSPS) is 11.7. The van der Waals surface area contributed by atoms with Crippen LogP contribution in [0.2, 0.25) is 0 Å². The van der Waals surface area contributed by atoms with E-state index < -0.39 is 17.8 Å². The maximum Gasteiger partial charge on any atom is 0.265 e. The molecule has 5 heteroatoms. The Balaban J connectivity index is 2.08. The SMILES string of the molecule is CC[C@H](Oc1ccccc1)C(=O)Nc1cc(N)ccc1F. The van der Waals surface area contributed by atoms with Crippen molar-refractivity contribution < 1.29 is 13.9 Å². The molecule has 0 unspecified atom stereocenters.